The number of carbonyl (C=O) groups excluding carboxylic acids is 2. The number of carbonyl (C=O) groups is 2. The van der Waals surface area contributed by atoms with Crippen molar-refractivity contribution >= 4 is 17.5 Å². The number of anilines is 1. The Morgan fingerprint density at radius 1 is 1.08 bits per heavy atom. The van der Waals surface area contributed by atoms with E-state index in [1.54, 1.807) is 0 Å². The number of hydrogen-bond donors (Lipinski definition) is 2. The molecule has 2 N–H and O–H groups in total. The first-order valence-corrected chi connectivity index (χ1v) is 9.98. The van der Waals surface area contributed by atoms with Crippen LogP contribution in [0.25, 0.3) is 0 Å². The highest BCUT2D eigenvalue weighted by atomic mass is 16.2. The fraction of sp³-hybridized carbons (Fsp3) is 0.619. The van der Waals surface area contributed by atoms with Crippen molar-refractivity contribution in [2.45, 2.75) is 51.5 Å². The van der Waals surface area contributed by atoms with E-state index in [1.807, 2.05) is 30.3 Å². The van der Waals surface area contributed by atoms with E-state index in [0.717, 1.165) is 43.8 Å². The van der Waals surface area contributed by atoms with Crippen LogP contribution in [0, 0.1) is 11.8 Å². The zero-order valence-electron chi connectivity index (χ0n) is 15.7. The molecule has 0 radical (unpaired) electrons. The number of hydrogen-bond acceptors (Lipinski definition) is 3. The first kappa shape index (κ1) is 18.9. The molecule has 1 aliphatic carbocycles. The summed E-state index contributed by atoms with van der Waals surface area (Å²) in [6.07, 6.45) is 6.44. The van der Waals surface area contributed by atoms with Crippen molar-refractivity contribution in [2.75, 3.05) is 25.0 Å². The molecule has 5 heteroatoms. The van der Waals surface area contributed by atoms with E-state index >= 15 is 0 Å². The van der Waals surface area contributed by atoms with Crippen molar-refractivity contribution in [3.05, 3.63) is 30.3 Å². The van der Waals surface area contributed by atoms with Crippen molar-refractivity contribution in [3.8, 4) is 0 Å². The van der Waals surface area contributed by atoms with E-state index in [9.17, 15) is 9.59 Å². The fourth-order valence-corrected chi connectivity index (χ4v) is 4.06. The average molecular weight is 357 g/mol. The summed E-state index contributed by atoms with van der Waals surface area (Å²) in [7, 11) is 0. The molecular formula is C21H31N3O2. The minimum Gasteiger partial charge on any atom is -0.352 e. The second kappa shape index (κ2) is 9.17. The molecule has 0 bridgehead atoms. The lowest BCUT2D eigenvalue weighted by Gasteiger charge is -2.32. The van der Waals surface area contributed by atoms with Gasteiger partial charge in [0.15, 0.2) is 0 Å². The molecule has 1 atom stereocenters. The Morgan fingerprint density at radius 3 is 2.54 bits per heavy atom. The molecule has 2 fully saturated rings. The Morgan fingerprint density at radius 2 is 1.81 bits per heavy atom. The standard InChI is InChI=1S/C21H31N3O2/c1-16-9-11-19(12-10-16)22-20(25)15-24-13-5-6-17(14-24)21(26)23-18-7-3-2-4-8-18/h2-4,7-8,16-17,19H,5-6,9-15H2,1H3,(H,22,25)(H,23,26). The Labute approximate surface area is 156 Å². The third-order valence-electron chi connectivity index (χ3n) is 5.67. The highest BCUT2D eigenvalue weighted by Gasteiger charge is 2.27. The normalized spacial score (nSPS) is 26.9. The molecule has 0 spiro atoms. The number of piperidine rings is 1. The van der Waals surface area contributed by atoms with Gasteiger partial charge >= 0.3 is 0 Å². The molecule has 1 saturated heterocycles. The molecule has 1 heterocycles. The van der Waals surface area contributed by atoms with Crippen LogP contribution in [0.5, 0.6) is 0 Å². The van der Waals surface area contributed by atoms with E-state index in [1.165, 1.54) is 12.8 Å². The fourth-order valence-electron chi connectivity index (χ4n) is 4.06. The van der Waals surface area contributed by atoms with Crippen LogP contribution in [-0.4, -0.2) is 42.4 Å². The lowest BCUT2D eigenvalue weighted by Crippen LogP contribution is -2.47. The number of para-hydroxylation sites is 1. The Bertz CT molecular complexity index is 597. The van der Waals surface area contributed by atoms with Gasteiger partial charge in [-0.3, -0.25) is 14.5 Å². The van der Waals surface area contributed by atoms with Gasteiger partial charge in [-0.05, 0) is 63.1 Å². The zero-order chi connectivity index (χ0) is 18.4. The number of benzene rings is 1. The van der Waals surface area contributed by atoms with Crippen molar-refractivity contribution < 1.29 is 9.59 Å². The van der Waals surface area contributed by atoms with Crippen LogP contribution in [0.3, 0.4) is 0 Å². The summed E-state index contributed by atoms with van der Waals surface area (Å²) in [5.41, 5.74) is 0.832. The second-order valence-electron chi connectivity index (χ2n) is 7.95. The van der Waals surface area contributed by atoms with E-state index in [2.05, 4.69) is 22.5 Å². The van der Waals surface area contributed by atoms with Crippen molar-refractivity contribution in [1.82, 2.24) is 10.2 Å². The molecule has 142 valence electrons. The van der Waals surface area contributed by atoms with E-state index in [-0.39, 0.29) is 17.7 Å². The van der Waals surface area contributed by atoms with Crippen molar-refractivity contribution in [3.63, 3.8) is 0 Å². The third kappa shape index (κ3) is 5.56. The largest absolute Gasteiger partial charge is 0.352 e. The average Bonchev–Trinajstić information content (AvgIpc) is 2.64. The summed E-state index contributed by atoms with van der Waals surface area (Å²) in [4.78, 5) is 27.0. The smallest absolute Gasteiger partial charge is 0.234 e. The van der Waals surface area contributed by atoms with Gasteiger partial charge in [-0.2, -0.15) is 0 Å². The van der Waals surface area contributed by atoms with E-state index < -0.39 is 0 Å². The van der Waals surface area contributed by atoms with E-state index in [4.69, 9.17) is 0 Å². The van der Waals surface area contributed by atoms with Crippen LogP contribution in [0.1, 0.15) is 45.4 Å². The number of nitrogens with one attached hydrogen (secondary N) is 2. The first-order chi connectivity index (χ1) is 12.6. The Hall–Kier alpha value is -1.88. The van der Waals surface area contributed by atoms with Crippen LogP contribution < -0.4 is 10.6 Å². The maximum absolute atomic E-state index is 12.5. The molecule has 5 nitrogen and oxygen atoms in total. The van der Waals surface area contributed by atoms with Crippen molar-refractivity contribution in [1.29, 1.82) is 0 Å². The number of rotatable bonds is 5. The topological polar surface area (TPSA) is 61.4 Å². The van der Waals surface area contributed by atoms with Crippen LogP contribution in [0.2, 0.25) is 0 Å². The van der Waals surface area contributed by atoms with Crippen LogP contribution in [0.4, 0.5) is 5.69 Å². The third-order valence-corrected chi connectivity index (χ3v) is 5.67. The molecule has 1 saturated carbocycles. The monoisotopic (exact) mass is 357 g/mol. The molecule has 3 rings (SSSR count). The maximum atomic E-state index is 12.5. The van der Waals surface area contributed by atoms with Gasteiger partial charge in [-0.15, -0.1) is 0 Å². The number of amides is 2. The molecule has 1 aliphatic heterocycles. The van der Waals surface area contributed by atoms with E-state index in [0.29, 0.717) is 19.1 Å². The van der Waals surface area contributed by atoms with Gasteiger partial charge in [0.2, 0.25) is 11.8 Å². The quantitative estimate of drug-likeness (QED) is 0.851. The highest BCUT2D eigenvalue weighted by molar-refractivity contribution is 5.92. The predicted molar refractivity (Wildman–Crippen MR) is 104 cm³/mol. The molecule has 2 aliphatic rings. The molecule has 2 amide bonds. The van der Waals surface area contributed by atoms with Gasteiger partial charge in [0.25, 0.3) is 0 Å². The molecule has 1 unspecified atom stereocenters. The summed E-state index contributed by atoms with van der Waals surface area (Å²) < 4.78 is 0. The lowest BCUT2D eigenvalue weighted by atomic mass is 9.87. The molecular weight excluding hydrogens is 326 g/mol. The van der Waals surface area contributed by atoms with Crippen molar-refractivity contribution in [2.24, 2.45) is 11.8 Å². The molecule has 1 aromatic carbocycles. The number of likely N-dealkylation sites (tertiary alicyclic amines) is 1. The van der Waals surface area contributed by atoms with Gasteiger partial charge in [0.1, 0.15) is 0 Å². The minimum atomic E-state index is -0.0488. The van der Waals surface area contributed by atoms with Crippen LogP contribution >= 0.6 is 0 Å². The molecule has 26 heavy (non-hydrogen) atoms. The van der Waals surface area contributed by atoms with Crippen LogP contribution in [-0.2, 0) is 9.59 Å². The lowest BCUT2D eigenvalue weighted by molar-refractivity contribution is -0.126. The van der Waals surface area contributed by atoms with Gasteiger partial charge in [0.05, 0.1) is 12.5 Å². The SMILES string of the molecule is CC1CCC(NC(=O)CN2CCCC(C(=O)Nc3ccccc3)C2)CC1. The summed E-state index contributed by atoms with van der Waals surface area (Å²) in [5.74, 6) is 0.901. The summed E-state index contributed by atoms with van der Waals surface area (Å²) in [6, 6.07) is 9.90. The van der Waals surface area contributed by atoms with Gasteiger partial charge in [-0.25, -0.2) is 0 Å². The van der Waals surface area contributed by atoms with Gasteiger partial charge in [-0.1, -0.05) is 25.1 Å². The van der Waals surface area contributed by atoms with Crippen LogP contribution in [0.15, 0.2) is 30.3 Å². The zero-order valence-corrected chi connectivity index (χ0v) is 15.7. The number of nitrogens with zero attached hydrogens (tertiary/aromatic N) is 1. The minimum absolute atomic E-state index is 0.0488. The Kier molecular flexibility index (Phi) is 6.67. The summed E-state index contributed by atoms with van der Waals surface area (Å²) in [5, 5.41) is 6.18. The van der Waals surface area contributed by atoms with Gasteiger partial charge < -0.3 is 10.6 Å². The maximum Gasteiger partial charge on any atom is 0.234 e. The summed E-state index contributed by atoms with van der Waals surface area (Å²) >= 11 is 0. The first-order valence-electron chi connectivity index (χ1n) is 9.98. The molecule has 0 aromatic heterocycles. The van der Waals surface area contributed by atoms with Gasteiger partial charge in [0, 0.05) is 18.3 Å². The Balaban J connectivity index is 1.44. The summed E-state index contributed by atoms with van der Waals surface area (Å²) in [6.45, 7) is 4.24. The molecule has 1 aromatic rings. The highest BCUT2D eigenvalue weighted by Crippen LogP contribution is 2.23. The predicted octanol–water partition coefficient (Wildman–Crippen LogP) is 3.03. The second-order valence-corrected chi connectivity index (χ2v) is 7.95.